The SMILES string of the molecule is CCCCCCCCCCCC[C@@H](O)[C@H]1CC[C@H]([C@H]2CC[C@@H]([C@@H]3CC[C@@H](CCCCCCC(O)CC4=CC(C)OC4=O)O3)OCO2)O1. The number of cyclic esters (lactones) is 1. The molecule has 4 rings (SSSR count). The summed E-state index contributed by atoms with van der Waals surface area (Å²) in [4.78, 5) is 11.7. The molecule has 8 nitrogen and oxygen atoms in total. The van der Waals surface area contributed by atoms with Crippen molar-refractivity contribution >= 4 is 5.97 Å². The normalized spacial score (nSPS) is 31.1. The average molecular weight is 665 g/mol. The fourth-order valence-corrected chi connectivity index (χ4v) is 8.03. The highest BCUT2D eigenvalue weighted by molar-refractivity contribution is 5.90. The molecule has 3 saturated heterocycles. The first-order chi connectivity index (χ1) is 22.9. The topological polar surface area (TPSA) is 104 Å². The number of carbonyl (C=O) groups excluding carboxylic acids is 1. The van der Waals surface area contributed by atoms with Gasteiger partial charge in [-0.2, -0.15) is 0 Å². The fraction of sp³-hybridized carbons (Fsp3) is 0.923. The van der Waals surface area contributed by atoms with Crippen LogP contribution in [0.5, 0.6) is 0 Å². The average Bonchev–Trinajstić information content (AvgIpc) is 3.76. The van der Waals surface area contributed by atoms with Crippen molar-refractivity contribution in [2.24, 2.45) is 0 Å². The van der Waals surface area contributed by atoms with E-state index in [1.54, 1.807) is 0 Å². The lowest BCUT2D eigenvalue weighted by molar-refractivity contribution is -0.154. The quantitative estimate of drug-likeness (QED) is 0.0832. The maximum Gasteiger partial charge on any atom is 0.334 e. The number of aliphatic hydroxyl groups excluding tert-OH is 2. The molecule has 4 heterocycles. The molecule has 8 heteroatoms. The molecule has 2 unspecified atom stereocenters. The molecule has 0 spiro atoms. The van der Waals surface area contributed by atoms with E-state index in [-0.39, 0.29) is 55.5 Å². The van der Waals surface area contributed by atoms with Gasteiger partial charge >= 0.3 is 5.97 Å². The summed E-state index contributed by atoms with van der Waals surface area (Å²) in [5.41, 5.74) is 0.614. The molecular weight excluding hydrogens is 596 g/mol. The number of rotatable bonds is 23. The lowest BCUT2D eigenvalue weighted by Gasteiger charge is -2.24. The Kier molecular flexibility index (Phi) is 18.1. The van der Waals surface area contributed by atoms with Crippen LogP contribution < -0.4 is 0 Å². The zero-order valence-corrected chi connectivity index (χ0v) is 29.8. The number of unbranched alkanes of at least 4 members (excludes halogenated alkanes) is 12. The number of carbonyl (C=O) groups is 1. The highest BCUT2D eigenvalue weighted by Crippen LogP contribution is 2.34. The number of esters is 1. The third kappa shape index (κ3) is 14.0. The molecule has 0 radical (unpaired) electrons. The number of ether oxygens (including phenoxy) is 5. The van der Waals surface area contributed by atoms with Crippen molar-refractivity contribution in [2.45, 2.75) is 223 Å². The van der Waals surface area contributed by atoms with Gasteiger partial charge in [-0.05, 0) is 70.8 Å². The van der Waals surface area contributed by atoms with Gasteiger partial charge in [-0.25, -0.2) is 4.79 Å². The minimum Gasteiger partial charge on any atom is -0.455 e. The lowest BCUT2D eigenvalue weighted by atomic mass is 9.98. The van der Waals surface area contributed by atoms with Gasteiger partial charge in [0, 0.05) is 12.0 Å². The van der Waals surface area contributed by atoms with Gasteiger partial charge in [0.2, 0.25) is 0 Å². The van der Waals surface area contributed by atoms with Crippen LogP contribution in [0.2, 0.25) is 0 Å². The van der Waals surface area contributed by atoms with Crippen LogP contribution in [-0.2, 0) is 28.5 Å². The predicted molar refractivity (Wildman–Crippen MR) is 184 cm³/mol. The first kappa shape index (κ1) is 38.8. The van der Waals surface area contributed by atoms with Crippen LogP contribution in [-0.4, -0.2) is 77.9 Å². The molecule has 0 saturated carbocycles. The highest BCUT2D eigenvalue weighted by atomic mass is 16.7. The molecule has 4 aliphatic heterocycles. The van der Waals surface area contributed by atoms with Gasteiger partial charge in [0.05, 0.1) is 48.8 Å². The second-order valence-corrected chi connectivity index (χ2v) is 15.0. The Hall–Kier alpha value is -1.03. The molecular formula is C39H68O8. The number of hydrogen-bond acceptors (Lipinski definition) is 8. The Bertz CT molecular complexity index is 894. The Balaban J connectivity index is 1.01. The molecule has 9 atom stereocenters. The minimum atomic E-state index is -0.478. The van der Waals surface area contributed by atoms with Crippen LogP contribution in [0.3, 0.4) is 0 Å². The van der Waals surface area contributed by atoms with Crippen molar-refractivity contribution in [2.75, 3.05) is 6.79 Å². The van der Waals surface area contributed by atoms with Crippen LogP contribution in [0.1, 0.15) is 168 Å². The summed E-state index contributed by atoms with van der Waals surface area (Å²) < 4.78 is 30.2. The Labute approximate surface area is 285 Å². The monoisotopic (exact) mass is 664 g/mol. The molecule has 3 fully saturated rings. The van der Waals surface area contributed by atoms with E-state index in [0.717, 1.165) is 89.9 Å². The summed E-state index contributed by atoms with van der Waals surface area (Å²) in [6.45, 7) is 4.40. The zero-order chi connectivity index (χ0) is 33.3. The number of hydrogen-bond donors (Lipinski definition) is 2. The smallest absolute Gasteiger partial charge is 0.334 e. The third-order valence-electron chi connectivity index (χ3n) is 10.9. The van der Waals surface area contributed by atoms with Crippen molar-refractivity contribution in [3.8, 4) is 0 Å². The standard InChI is InChI=1S/C39H68O8/c1-3-4-5-6-7-8-9-10-11-16-19-33(41)34-22-25-38(47-34)36-24-23-35(43-28-44-36)37-21-20-32(46-37)18-15-13-12-14-17-31(40)27-30-26-29(2)45-39(30)42/h26,29,31-38,40-41H,3-25,27-28H2,1-2H3/t29?,31?,32-,33-,34-,35+,36-,37+,38-/m1/s1. The zero-order valence-electron chi connectivity index (χ0n) is 29.8. The van der Waals surface area contributed by atoms with E-state index < -0.39 is 6.10 Å². The summed E-state index contributed by atoms with van der Waals surface area (Å²) in [7, 11) is 0. The lowest BCUT2D eigenvalue weighted by Crippen LogP contribution is -2.32. The van der Waals surface area contributed by atoms with E-state index in [0.29, 0.717) is 18.1 Å². The molecule has 0 aromatic heterocycles. The van der Waals surface area contributed by atoms with Crippen LogP contribution in [0.4, 0.5) is 0 Å². The van der Waals surface area contributed by atoms with Crippen LogP contribution in [0, 0.1) is 0 Å². The van der Waals surface area contributed by atoms with E-state index >= 15 is 0 Å². The van der Waals surface area contributed by atoms with Gasteiger partial charge in [-0.1, -0.05) is 96.8 Å². The number of aliphatic hydroxyl groups is 2. The molecule has 272 valence electrons. The first-order valence-electron chi connectivity index (χ1n) is 19.7. The van der Waals surface area contributed by atoms with E-state index in [9.17, 15) is 15.0 Å². The maximum absolute atomic E-state index is 11.7. The molecule has 0 aromatic rings. The Morgan fingerprint density at radius 3 is 1.94 bits per heavy atom. The largest absolute Gasteiger partial charge is 0.455 e. The molecule has 0 aromatic carbocycles. The molecule has 0 aliphatic carbocycles. The predicted octanol–water partition coefficient (Wildman–Crippen LogP) is 8.24. The Morgan fingerprint density at radius 1 is 0.702 bits per heavy atom. The van der Waals surface area contributed by atoms with E-state index in [1.165, 1.54) is 57.8 Å². The molecule has 0 bridgehead atoms. The van der Waals surface area contributed by atoms with E-state index in [1.807, 2.05) is 13.0 Å². The van der Waals surface area contributed by atoms with Crippen molar-refractivity contribution in [1.82, 2.24) is 0 Å². The molecule has 2 N–H and O–H groups in total. The summed E-state index contributed by atoms with van der Waals surface area (Å²) >= 11 is 0. The third-order valence-corrected chi connectivity index (χ3v) is 10.9. The molecule has 0 amide bonds. The summed E-state index contributed by atoms with van der Waals surface area (Å²) in [6.07, 6.45) is 27.5. The van der Waals surface area contributed by atoms with Crippen molar-refractivity contribution in [1.29, 1.82) is 0 Å². The maximum atomic E-state index is 11.7. The Morgan fingerprint density at radius 2 is 1.28 bits per heavy atom. The molecule has 4 aliphatic rings. The minimum absolute atomic E-state index is 0.0255. The highest BCUT2D eigenvalue weighted by Gasteiger charge is 2.39. The van der Waals surface area contributed by atoms with Gasteiger partial charge in [0.15, 0.2) is 0 Å². The van der Waals surface area contributed by atoms with E-state index in [2.05, 4.69) is 6.92 Å². The van der Waals surface area contributed by atoms with Gasteiger partial charge < -0.3 is 33.9 Å². The summed E-state index contributed by atoms with van der Waals surface area (Å²) in [6, 6.07) is 0. The van der Waals surface area contributed by atoms with Crippen molar-refractivity contribution < 1.29 is 38.7 Å². The molecule has 47 heavy (non-hydrogen) atoms. The summed E-state index contributed by atoms with van der Waals surface area (Å²) in [5, 5.41) is 21.1. The van der Waals surface area contributed by atoms with Crippen LogP contribution in [0.25, 0.3) is 0 Å². The van der Waals surface area contributed by atoms with Gasteiger partial charge in [0.1, 0.15) is 12.9 Å². The van der Waals surface area contributed by atoms with Crippen LogP contribution in [0.15, 0.2) is 11.6 Å². The summed E-state index contributed by atoms with van der Waals surface area (Å²) in [5.74, 6) is -0.282. The second-order valence-electron chi connectivity index (χ2n) is 15.0. The van der Waals surface area contributed by atoms with Gasteiger partial charge in [-0.3, -0.25) is 0 Å². The van der Waals surface area contributed by atoms with E-state index in [4.69, 9.17) is 23.7 Å². The van der Waals surface area contributed by atoms with Gasteiger partial charge in [0.25, 0.3) is 0 Å². The van der Waals surface area contributed by atoms with Crippen LogP contribution >= 0.6 is 0 Å². The first-order valence-corrected chi connectivity index (χ1v) is 19.7. The van der Waals surface area contributed by atoms with Crippen molar-refractivity contribution in [3.63, 3.8) is 0 Å². The fourth-order valence-electron chi connectivity index (χ4n) is 8.03. The van der Waals surface area contributed by atoms with Crippen molar-refractivity contribution in [3.05, 3.63) is 11.6 Å². The second kappa shape index (κ2) is 21.9. The van der Waals surface area contributed by atoms with Gasteiger partial charge in [-0.15, -0.1) is 0 Å².